The first-order valence-electron chi connectivity index (χ1n) is 5.73. The molecular weight excluding hydrogens is 210 g/mol. The van der Waals surface area contributed by atoms with Crippen LogP contribution in [-0.4, -0.2) is 48.2 Å². The maximum Gasteiger partial charge on any atom is 0.308 e. The van der Waals surface area contributed by atoms with Crippen molar-refractivity contribution in [2.75, 3.05) is 26.3 Å². The number of carbonyl (C=O) groups is 2. The van der Waals surface area contributed by atoms with E-state index in [9.17, 15) is 9.59 Å². The van der Waals surface area contributed by atoms with Crippen molar-refractivity contribution in [1.82, 2.24) is 4.90 Å². The second-order valence-electron chi connectivity index (χ2n) is 3.96. The summed E-state index contributed by atoms with van der Waals surface area (Å²) in [5.41, 5.74) is 0. The summed E-state index contributed by atoms with van der Waals surface area (Å²) in [6.45, 7) is 4.17. The first kappa shape index (κ1) is 13.0. The molecule has 16 heavy (non-hydrogen) atoms. The molecule has 0 aliphatic carbocycles. The number of likely N-dealkylation sites (tertiary alicyclic amines) is 1. The number of rotatable bonds is 6. The van der Waals surface area contributed by atoms with E-state index < -0.39 is 11.9 Å². The molecule has 1 rings (SSSR count). The highest BCUT2D eigenvalue weighted by molar-refractivity contribution is 5.80. The molecular formula is C11H19NO4. The quantitative estimate of drug-likeness (QED) is 0.682. The van der Waals surface area contributed by atoms with Crippen molar-refractivity contribution in [1.29, 1.82) is 0 Å². The highest BCUT2D eigenvalue weighted by atomic mass is 16.5. The Morgan fingerprint density at radius 3 is 3.00 bits per heavy atom. The zero-order valence-corrected chi connectivity index (χ0v) is 9.65. The van der Waals surface area contributed by atoms with Crippen LogP contribution in [0.1, 0.15) is 26.2 Å². The third-order valence-corrected chi connectivity index (χ3v) is 2.77. The van der Waals surface area contributed by atoms with E-state index in [0.717, 1.165) is 6.42 Å². The fourth-order valence-electron chi connectivity index (χ4n) is 1.83. The fraction of sp³-hybridized carbons (Fsp3) is 0.818. The lowest BCUT2D eigenvalue weighted by atomic mass is 9.98. The van der Waals surface area contributed by atoms with Crippen molar-refractivity contribution in [3.8, 4) is 0 Å². The summed E-state index contributed by atoms with van der Waals surface area (Å²) in [7, 11) is 0. The predicted octanol–water partition coefficient (Wildman–Crippen LogP) is 0.736. The van der Waals surface area contributed by atoms with Crippen LogP contribution in [0, 0.1) is 5.92 Å². The summed E-state index contributed by atoms with van der Waals surface area (Å²) in [6.07, 6.45) is 1.59. The lowest BCUT2D eigenvalue weighted by Gasteiger charge is -2.30. The van der Waals surface area contributed by atoms with Gasteiger partial charge in [0.25, 0.3) is 0 Å². The molecule has 0 spiro atoms. The number of aliphatic carboxylic acids is 1. The Bertz CT molecular complexity index is 254. The highest BCUT2D eigenvalue weighted by Gasteiger charge is 2.29. The van der Waals surface area contributed by atoms with E-state index in [1.165, 1.54) is 0 Å². The van der Waals surface area contributed by atoms with Gasteiger partial charge < -0.3 is 14.7 Å². The summed E-state index contributed by atoms with van der Waals surface area (Å²) in [5.74, 6) is -1.14. The summed E-state index contributed by atoms with van der Waals surface area (Å²) in [5, 5.41) is 8.89. The van der Waals surface area contributed by atoms with E-state index in [0.29, 0.717) is 39.1 Å². The van der Waals surface area contributed by atoms with Crippen molar-refractivity contribution < 1.29 is 19.4 Å². The van der Waals surface area contributed by atoms with Crippen LogP contribution in [-0.2, 0) is 14.3 Å². The molecule has 1 saturated heterocycles. The third-order valence-electron chi connectivity index (χ3n) is 2.77. The average Bonchev–Trinajstić information content (AvgIpc) is 2.26. The van der Waals surface area contributed by atoms with Crippen LogP contribution in [0.2, 0.25) is 0 Å². The molecule has 0 saturated carbocycles. The third kappa shape index (κ3) is 3.81. The van der Waals surface area contributed by atoms with Crippen molar-refractivity contribution in [2.45, 2.75) is 26.2 Å². The van der Waals surface area contributed by atoms with Crippen LogP contribution < -0.4 is 0 Å². The number of nitrogens with zero attached hydrogens (tertiary/aromatic N) is 1. The zero-order chi connectivity index (χ0) is 12.0. The second-order valence-corrected chi connectivity index (χ2v) is 3.96. The number of hydrogen-bond donors (Lipinski definition) is 1. The largest absolute Gasteiger partial charge is 0.481 e. The zero-order valence-electron chi connectivity index (χ0n) is 9.65. The number of amides is 1. The minimum absolute atomic E-state index is 0.0639. The van der Waals surface area contributed by atoms with Gasteiger partial charge in [-0.15, -0.1) is 0 Å². The van der Waals surface area contributed by atoms with Crippen molar-refractivity contribution >= 4 is 11.9 Å². The molecule has 1 heterocycles. The van der Waals surface area contributed by atoms with Gasteiger partial charge in [0.15, 0.2) is 0 Å². The fourth-order valence-corrected chi connectivity index (χ4v) is 1.83. The molecule has 92 valence electrons. The van der Waals surface area contributed by atoms with E-state index in [4.69, 9.17) is 9.84 Å². The normalized spacial score (nSPS) is 21.2. The van der Waals surface area contributed by atoms with Crippen molar-refractivity contribution in [3.63, 3.8) is 0 Å². The Kier molecular flexibility index (Phi) is 5.25. The van der Waals surface area contributed by atoms with Crippen LogP contribution in [0.3, 0.4) is 0 Å². The molecule has 0 bridgehead atoms. The molecule has 1 aliphatic rings. The minimum Gasteiger partial charge on any atom is -0.481 e. The molecule has 0 radical (unpaired) electrons. The number of carboxylic acid groups (broad SMARTS) is 1. The highest BCUT2D eigenvalue weighted by Crippen LogP contribution is 2.17. The van der Waals surface area contributed by atoms with Gasteiger partial charge in [0, 0.05) is 32.7 Å². The molecule has 0 aromatic rings. The van der Waals surface area contributed by atoms with Gasteiger partial charge in [0.1, 0.15) is 0 Å². The standard InChI is InChI=1S/C11H19NO4/c1-2-16-7-3-6-12-8-9(11(14)15)4-5-10(12)13/h9H,2-8H2,1H3,(H,14,15). The molecule has 0 aromatic heterocycles. The topological polar surface area (TPSA) is 66.8 Å². The molecule has 1 fully saturated rings. The number of carboxylic acids is 1. The van der Waals surface area contributed by atoms with Gasteiger partial charge in [-0.3, -0.25) is 9.59 Å². The van der Waals surface area contributed by atoms with Crippen LogP contribution in [0.4, 0.5) is 0 Å². The molecule has 1 atom stereocenters. The van der Waals surface area contributed by atoms with Crippen LogP contribution in [0.25, 0.3) is 0 Å². The summed E-state index contributed by atoms with van der Waals surface area (Å²) < 4.78 is 5.18. The SMILES string of the molecule is CCOCCCN1CC(C(=O)O)CCC1=O. The van der Waals surface area contributed by atoms with Gasteiger partial charge in [0.05, 0.1) is 5.92 Å². The summed E-state index contributed by atoms with van der Waals surface area (Å²) in [4.78, 5) is 24.0. The Hall–Kier alpha value is -1.10. The number of piperidine rings is 1. The Balaban J connectivity index is 2.32. The molecule has 1 unspecified atom stereocenters. The molecule has 1 amide bonds. The van der Waals surface area contributed by atoms with Gasteiger partial charge in [-0.25, -0.2) is 0 Å². The average molecular weight is 229 g/mol. The van der Waals surface area contributed by atoms with Crippen LogP contribution in [0.5, 0.6) is 0 Å². The molecule has 5 nitrogen and oxygen atoms in total. The van der Waals surface area contributed by atoms with E-state index in [2.05, 4.69) is 0 Å². The van der Waals surface area contributed by atoms with Crippen molar-refractivity contribution in [2.24, 2.45) is 5.92 Å². The molecule has 0 aromatic carbocycles. The Morgan fingerprint density at radius 2 is 2.38 bits per heavy atom. The lowest BCUT2D eigenvalue weighted by molar-refractivity contribution is -0.147. The first-order chi connectivity index (χ1) is 7.65. The van der Waals surface area contributed by atoms with Gasteiger partial charge in [0.2, 0.25) is 5.91 Å². The molecule has 1 N–H and O–H groups in total. The second kappa shape index (κ2) is 6.48. The Labute approximate surface area is 95.4 Å². The maximum absolute atomic E-state index is 11.5. The minimum atomic E-state index is -0.803. The smallest absolute Gasteiger partial charge is 0.308 e. The van der Waals surface area contributed by atoms with Gasteiger partial charge in [-0.1, -0.05) is 0 Å². The van der Waals surface area contributed by atoms with E-state index >= 15 is 0 Å². The lowest BCUT2D eigenvalue weighted by Crippen LogP contribution is -2.43. The monoisotopic (exact) mass is 229 g/mol. The summed E-state index contributed by atoms with van der Waals surface area (Å²) >= 11 is 0. The van der Waals surface area contributed by atoms with Gasteiger partial charge in [-0.05, 0) is 19.8 Å². The van der Waals surface area contributed by atoms with Gasteiger partial charge >= 0.3 is 5.97 Å². The van der Waals surface area contributed by atoms with Crippen LogP contribution >= 0.6 is 0 Å². The molecule has 1 aliphatic heterocycles. The maximum atomic E-state index is 11.5. The van der Waals surface area contributed by atoms with E-state index in [1.807, 2.05) is 6.92 Å². The van der Waals surface area contributed by atoms with E-state index in [1.54, 1.807) is 4.90 Å². The van der Waals surface area contributed by atoms with Crippen molar-refractivity contribution in [3.05, 3.63) is 0 Å². The van der Waals surface area contributed by atoms with E-state index in [-0.39, 0.29) is 5.91 Å². The summed E-state index contributed by atoms with van der Waals surface area (Å²) in [6, 6.07) is 0. The number of hydrogen-bond acceptors (Lipinski definition) is 3. The predicted molar refractivity (Wildman–Crippen MR) is 58.0 cm³/mol. The number of carbonyl (C=O) groups excluding carboxylic acids is 1. The number of ether oxygens (including phenoxy) is 1. The van der Waals surface area contributed by atoms with Gasteiger partial charge in [-0.2, -0.15) is 0 Å². The Morgan fingerprint density at radius 1 is 1.62 bits per heavy atom. The molecule has 5 heteroatoms. The van der Waals surface area contributed by atoms with Crippen LogP contribution in [0.15, 0.2) is 0 Å². The first-order valence-corrected chi connectivity index (χ1v) is 5.73.